The molecule has 0 radical (unpaired) electrons. The molecule has 2 aromatic rings. The van der Waals surface area contributed by atoms with Crippen molar-refractivity contribution in [2.75, 3.05) is 27.2 Å². The Balaban J connectivity index is 1.95. The van der Waals surface area contributed by atoms with Gasteiger partial charge in [-0.25, -0.2) is 4.39 Å². The Labute approximate surface area is 147 Å². The molecule has 2 heterocycles. The molecule has 0 bridgehead atoms. The molecule has 1 atom stereocenters. The normalized spacial score (nSPS) is 19.3. The first-order valence-corrected chi connectivity index (χ1v) is 9.53. The van der Waals surface area contributed by atoms with Gasteiger partial charge in [0.2, 0.25) is 0 Å². The first-order valence-electron chi connectivity index (χ1n) is 8.14. The highest BCUT2D eigenvalue weighted by atomic mass is 32.2. The molecule has 134 valence electrons. The van der Waals surface area contributed by atoms with Crippen LogP contribution in [0.1, 0.15) is 24.5 Å². The second kappa shape index (κ2) is 7.15. The van der Waals surface area contributed by atoms with Crippen LogP contribution in [0.2, 0.25) is 0 Å². The Morgan fingerprint density at radius 3 is 2.72 bits per heavy atom. The molecule has 6 nitrogen and oxygen atoms in total. The molecular formula is C17H21FN4O2S. The third-order valence-electron chi connectivity index (χ3n) is 4.38. The first-order chi connectivity index (χ1) is 11.9. The lowest BCUT2D eigenvalue weighted by molar-refractivity contribution is 0.296. The summed E-state index contributed by atoms with van der Waals surface area (Å²) in [5.41, 5.74) is 1.97. The number of nitrogens with zero attached hydrogens (tertiary/aromatic N) is 4. The Morgan fingerprint density at radius 1 is 1.24 bits per heavy atom. The number of halogens is 1. The summed E-state index contributed by atoms with van der Waals surface area (Å²) in [6.45, 7) is 0.841. The van der Waals surface area contributed by atoms with E-state index in [1.54, 1.807) is 24.5 Å². The summed E-state index contributed by atoms with van der Waals surface area (Å²) in [7, 11) is -0.412. The summed E-state index contributed by atoms with van der Waals surface area (Å²) in [5, 5.41) is 0. The van der Waals surface area contributed by atoms with Crippen LogP contribution in [-0.4, -0.2) is 54.2 Å². The van der Waals surface area contributed by atoms with Crippen LogP contribution in [0.3, 0.4) is 0 Å². The average Bonchev–Trinajstić information content (AvgIpc) is 2.61. The summed E-state index contributed by atoms with van der Waals surface area (Å²) in [5.74, 6) is -0.412. The first kappa shape index (κ1) is 17.9. The monoisotopic (exact) mass is 364 g/mol. The standard InChI is InChI=1S/C17H21FN4O2S/c1-21(2)25(23,24)22-10-4-6-14(12-22)17-16(19-8-9-20-17)13-5-3-7-15(18)11-13/h3,5,7-9,11,14H,4,6,10,12H2,1-2H3/t14-/m0/s1. The van der Waals surface area contributed by atoms with Crippen LogP contribution in [-0.2, 0) is 10.2 Å². The molecule has 1 fully saturated rings. The lowest BCUT2D eigenvalue weighted by Crippen LogP contribution is -2.45. The van der Waals surface area contributed by atoms with Crippen molar-refractivity contribution in [2.24, 2.45) is 0 Å². The van der Waals surface area contributed by atoms with Crippen LogP contribution in [0.5, 0.6) is 0 Å². The van der Waals surface area contributed by atoms with Crippen molar-refractivity contribution in [3.8, 4) is 11.3 Å². The molecule has 1 aliphatic rings. The van der Waals surface area contributed by atoms with Crippen LogP contribution < -0.4 is 0 Å². The summed E-state index contributed by atoms with van der Waals surface area (Å²) >= 11 is 0. The fourth-order valence-electron chi connectivity index (χ4n) is 3.11. The quantitative estimate of drug-likeness (QED) is 0.835. The van der Waals surface area contributed by atoms with Gasteiger partial charge in [0, 0.05) is 51.1 Å². The fraction of sp³-hybridized carbons (Fsp3) is 0.412. The maximum Gasteiger partial charge on any atom is 0.281 e. The summed E-state index contributed by atoms with van der Waals surface area (Å²) in [4.78, 5) is 8.83. The number of hydrogen-bond donors (Lipinski definition) is 0. The van der Waals surface area contributed by atoms with Crippen LogP contribution in [0.25, 0.3) is 11.3 Å². The van der Waals surface area contributed by atoms with Gasteiger partial charge in [0.1, 0.15) is 5.82 Å². The topological polar surface area (TPSA) is 66.4 Å². The van der Waals surface area contributed by atoms with E-state index in [-0.39, 0.29) is 11.7 Å². The van der Waals surface area contributed by atoms with E-state index in [4.69, 9.17) is 0 Å². The van der Waals surface area contributed by atoms with Gasteiger partial charge in [0.15, 0.2) is 0 Å². The van der Waals surface area contributed by atoms with Crippen molar-refractivity contribution < 1.29 is 12.8 Å². The van der Waals surface area contributed by atoms with Crippen molar-refractivity contribution in [1.82, 2.24) is 18.6 Å². The van der Waals surface area contributed by atoms with E-state index in [9.17, 15) is 12.8 Å². The highest BCUT2D eigenvalue weighted by molar-refractivity contribution is 7.86. The molecule has 25 heavy (non-hydrogen) atoms. The van der Waals surface area contributed by atoms with E-state index >= 15 is 0 Å². The largest absolute Gasteiger partial charge is 0.281 e. The number of aromatic nitrogens is 2. The van der Waals surface area contributed by atoms with Crippen molar-refractivity contribution >= 4 is 10.2 Å². The van der Waals surface area contributed by atoms with Gasteiger partial charge in [-0.1, -0.05) is 12.1 Å². The second-order valence-corrected chi connectivity index (χ2v) is 8.43. The second-order valence-electron chi connectivity index (χ2n) is 6.29. The van der Waals surface area contributed by atoms with Crippen LogP contribution >= 0.6 is 0 Å². The zero-order chi connectivity index (χ0) is 18.0. The van der Waals surface area contributed by atoms with Crippen molar-refractivity contribution in [3.63, 3.8) is 0 Å². The smallest absolute Gasteiger partial charge is 0.257 e. The predicted octanol–water partition coefficient (Wildman–Crippen LogP) is 2.27. The molecular weight excluding hydrogens is 343 g/mol. The van der Waals surface area contributed by atoms with E-state index in [0.29, 0.717) is 30.0 Å². The molecule has 1 saturated heterocycles. The predicted molar refractivity (Wildman–Crippen MR) is 93.6 cm³/mol. The maximum absolute atomic E-state index is 13.6. The van der Waals surface area contributed by atoms with Crippen molar-refractivity contribution in [1.29, 1.82) is 0 Å². The van der Waals surface area contributed by atoms with Crippen LogP contribution in [0.15, 0.2) is 36.7 Å². The van der Waals surface area contributed by atoms with Crippen molar-refractivity contribution in [2.45, 2.75) is 18.8 Å². The van der Waals surface area contributed by atoms with Crippen LogP contribution in [0.4, 0.5) is 4.39 Å². The van der Waals surface area contributed by atoms with E-state index in [1.165, 1.54) is 34.8 Å². The Morgan fingerprint density at radius 2 is 2.00 bits per heavy atom. The maximum atomic E-state index is 13.6. The van der Waals surface area contributed by atoms with E-state index in [2.05, 4.69) is 9.97 Å². The molecule has 0 saturated carbocycles. The molecule has 8 heteroatoms. The summed E-state index contributed by atoms with van der Waals surface area (Å²) in [6.07, 6.45) is 4.73. The molecule has 3 rings (SSSR count). The van der Waals surface area contributed by atoms with Gasteiger partial charge in [0.05, 0.1) is 11.4 Å². The molecule has 0 amide bonds. The number of hydrogen-bond acceptors (Lipinski definition) is 4. The molecule has 1 aromatic heterocycles. The van der Waals surface area contributed by atoms with E-state index < -0.39 is 10.2 Å². The van der Waals surface area contributed by atoms with Crippen molar-refractivity contribution in [3.05, 3.63) is 48.2 Å². The SMILES string of the molecule is CN(C)S(=O)(=O)N1CCC[C@H](c2nccnc2-c2cccc(F)c2)C1. The molecule has 0 N–H and O–H groups in total. The highest BCUT2D eigenvalue weighted by Crippen LogP contribution is 2.33. The minimum Gasteiger partial charge on any atom is -0.257 e. The number of rotatable bonds is 4. The van der Waals surface area contributed by atoms with Gasteiger partial charge in [-0.3, -0.25) is 9.97 Å². The van der Waals surface area contributed by atoms with Gasteiger partial charge in [0.25, 0.3) is 10.2 Å². The lowest BCUT2D eigenvalue weighted by atomic mass is 9.92. The summed E-state index contributed by atoms with van der Waals surface area (Å²) in [6, 6.07) is 6.22. The Hall–Kier alpha value is -1.90. The summed E-state index contributed by atoms with van der Waals surface area (Å²) < 4.78 is 41.1. The number of benzene rings is 1. The van der Waals surface area contributed by atoms with Gasteiger partial charge in [-0.2, -0.15) is 17.0 Å². The fourth-order valence-corrected chi connectivity index (χ4v) is 4.30. The molecule has 0 aliphatic carbocycles. The minimum absolute atomic E-state index is 0.0737. The van der Waals surface area contributed by atoms with Crippen LogP contribution in [0, 0.1) is 5.82 Å². The third kappa shape index (κ3) is 3.70. The third-order valence-corrected chi connectivity index (χ3v) is 6.29. The Kier molecular flexibility index (Phi) is 5.12. The van der Waals surface area contributed by atoms with Gasteiger partial charge in [-0.05, 0) is 25.0 Å². The van der Waals surface area contributed by atoms with Gasteiger partial charge in [-0.15, -0.1) is 0 Å². The van der Waals surface area contributed by atoms with Gasteiger partial charge < -0.3 is 0 Å². The zero-order valence-electron chi connectivity index (χ0n) is 14.3. The highest BCUT2D eigenvalue weighted by Gasteiger charge is 2.32. The lowest BCUT2D eigenvalue weighted by Gasteiger charge is -2.33. The van der Waals surface area contributed by atoms with E-state index in [0.717, 1.165) is 12.8 Å². The minimum atomic E-state index is -3.47. The molecule has 1 aromatic carbocycles. The number of piperidine rings is 1. The Bertz CT molecular complexity index is 857. The molecule has 0 spiro atoms. The van der Waals surface area contributed by atoms with E-state index in [1.807, 2.05) is 0 Å². The molecule has 0 unspecified atom stereocenters. The average molecular weight is 364 g/mol. The van der Waals surface area contributed by atoms with Gasteiger partial charge >= 0.3 is 0 Å². The molecule has 1 aliphatic heterocycles. The zero-order valence-corrected chi connectivity index (χ0v) is 15.1.